The summed E-state index contributed by atoms with van der Waals surface area (Å²) in [4.78, 5) is 28.6. The second-order valence-corrected chi connectivity index (χ2v) is 7.81. The number of hydrogen-bond donors (Lipinski definition) is 0. The minimum atomic E-state index is -1.10. The van der Waals surface area contributed by atoms with Crippen LogP contribution in [0.25, 0.3) is 0 Å². The van der Waals surface area contributed by atoms with Gasteiger partial charge in [-0.2, -0.15) is 0 Å². The predicted octanol–water partition coefficient (Wildman–Crippen LogP) is 3.62. The van der Waals surface area contributed by atoms with E-state index in [0.717, 1.165) is 11.6 Å². The van der Waals surface area contributed by atoms with Crippen molar-refractivity contribution in [2.75, 3.05) is 19.6 Å². The van der Waals surface area contributed by atoms with Crippen LogP contribution < -0.4 is 0 Å². The molecule has 4 nitrogen and oxygen atoms in total. The lowest BCUT2D eigenvalue weighted by atomic mass is 9.77. The van der Waals surface area contributed by atoms with E-state index in [9.17, 15) is 18.4 Å². The first-order valence-electron chi connectivity index (χ1n) is 9.52. The highest BCUT2D eigenvalue weighted by Crippen LogP contribution is 2.41. The van der Waals surface area contributed by atoms with Gasteiger partial charge in [0.05, 0.1) is 5.56 Å². The van der Waals surface area contributed by atoms with E-state index >= 15 is 0 Å². The van der Waals surface area contributed by atoms with Gasteiger partial charge in [0.2, 0.25) is 5.91 Å². The van der Waals surface area contributed by atoms with Gasteiger partial charge in [0.1, 0.15) is 0 Å². The molecule has 0 aliphatic carbocycles. The number of amides is 2. The van der Waals surface area contributed by atoms with Crippen molar-refractivity contribution >= 4 is 11.8 Å². The van der Waals surface area contributed by atoms with E-state index in [0.29, 0.717) is 45.4 Å². The Kier molecular flexibility index (Phi) is 4.87. The monoisotopic (exact) mass is 384 g/mol. The molecule has 28 heavy (non-hydrogen) atoms. The van der Waals surface area contributed by atoms with Crippen LogP contribution in [0.3, 0.4) is 0 Å². The number of carbonyl (C=O) groups is 2. The minimum Gasteiger partial charge on any atom is -0.339 e. The standard InChI is InChI=1S/C22H22F2N2O2/c23-18-8-4-7-17(20(18)24)21(28)25-11-9-22(10-12-25)13-19(27)26(15-22)14-16-5-2-1-3-6-16/h1-8H,9-15H2. The van der Waals surface area contributed by atoms with Gasteiger partial charge in [0, 0.05) is 38.0 Å². The summed E-state index contributed by atoms with van der Waals surface area (Å²) >= 11 is 0. The molecule has 0 aromatic heterocycles. The summed E-state index contributed by atoms with van der Waals surface area (Å²) < 4.78 is 27.4. The highest BCUT2D eigenvalue weighted by atomic mass is 19.2. The first-order valence-corrected chi connectivity index (χ1v) is 9.52. The highest BCUT2D eigenvalue weighted by Gasteiger charge is 2.45. The number of benzene rings is 2. The van der Waals surface area contributed by atoms with Crippen LogP contribution >= 0.6 is 0 Å². The molecule has 2 aliphatic heterocycles. The minimum absolute atomic E-state index is 0.136. The van der Waals surface area contributed by atoms with E-state index in [1.807, 2.05) is 35.2 Å². The van der Waals surface area contributed by atoms with Gasteiger partial charge >= 0.3 is 0 Å². The van der Waals surface area contributed by atoms with Gasteiger partial charge in [-0.15, -0.1) is 0 Å². The second-order valence-electron chi connectivity index (χ2n) is 7.81. The first kappa shape index (κ1) is 18.6. The van der Waals surface area contributed by atoms with Crippen molar-refractivity contribution < 1.29 is 18.4 Å². The predicted molar refractivity (Wildman–Crippen MR) is 100 cm³/mol. The van der Waals surface area contributed by atoms with Gasteiger partial charge in [-0.1, -0.05) is 36.4 Å². The Morgan fingerprint density at radius 2 is 1.71 bits per heavy atom. The van der Waals surface area contributed by atoms with Crippen LogP contribution in [0.5, 0.6) is 0 Å². The Balaban J connectivity index is 1.40. The number of hydrogen-bond acceptors (Lipinski definition) is 2. The van der Waals surface area contributed by atoms with Crippen LogP contribution in [0.4, 0.5) is 8.78 Å². The molecule has 0 atom stereocenters. The molecule has 2 aromatic rings. The van der Waals surface area contributed by atoms with Crippen LogP contribution in [0.15, 0.2) is 48.5 Å². The lowest BCUT2D eigenvalue weighted by Crippen LogP contribution is -2.44. The lowest BCUT2D eigenvalue weighted by molar-refractivity contribution is -0.128. The molecule has 0 radical (unpaired) electrons. The van der Waals surface area contributed by atoms with Gasteiger partial charge < -0.3 is 9.80 Å². The van der Waals surface area contributed by atoms with Gasteiger partial charge in [0.25, 0.3) is 5.91 Å². The normalized spacial score (nSPS) is 18.7. The molecule has 2 aliphatic rings. The number of likely N-dealkylation sites (tertiary alicyclic amines) is 2. The molecule has 2 aromatic carbocycles. The molecule has 0 unspecified atom stereocenters. The average molecular weight is 384 g/mol. The van der Waals surface area contributed by atoms with Crippen LogP contribution in [-0.2, 0) is 11.3 Å². The molecule has 0 saturated carbocycles. The third-order valence-corrected chi connectivity index (χ3v) is 5.91. The molecular formula is C22H22F2N2O2. The van der Waals surface area contributed by atoms with Crippen molar-refractivity contribution in [1.82, 2.24) is 9.80 Å². The number of nitrogens with zero attached hydrogens (tertiary/aromatic N) is 2. The maximum absolute atomic E-state index is 13.9. The third-order valence-electron chi connectivity index (χ3n) is 5.91. The van der Waals surface area contributed by atoms with E-state index in [1.165, 1.54) is 12.1 Å². The van der Waals surface area contributed by atoms with Crippen molar-refractivity contribution in [3.8, 4) is 0 Å². The molecule has 146 valence electrons. The number of piperidine rings is 1. The van der Waals surface area contributed by atoms with E-state index in [4.69, 9.17) is 0 Å². The topological polar surface area (TPSA) is 40.6 Å². The zero-order valence-corrected chi connectivity index (χ0v) is 15.5. The fourth-order valence-electron chi connectivity index (χ4n) is 4.29. The fraction of sp³-hybridized carbons (Fsp3) is 0.364. The molecule has 2 saturated heterocycles. The summed E-state index contributed by atoms with van der Waals surface area (Å²) in [5.74, 6) is -2.47. The average Bonchev–Trinajstić information content (AvgIpc) is 2.99. The van der Waals surface area contributed by atoms with Gasteiger partial charge in [-0.05, 0) is 30.5 Å². The summed E-state index contributed by atoms with van der Waals surface area (Å²) in [5.41, 5.74) is 0.731. The molecule has 0 N–H and O–H groups in total. The van der Waals surface area contributed by atoms with Crippen LogP contribution in [0.2, 0.25) is 0 Å². The smallest absolute Gasteiger partial charge is 0.256 e. The molecule has 4 rings (SSSR count). The molecule has 2 fully saturated rings. The van der Waals surface area contributed by atoms with E-state index in [1.54, 1.807) is 4.90 Å². The molecule has 0 bridgehead atoms. The van der Waals surface area contributed by atoms with Crippen molar-refractivity contribution in [3.63, 3.8) is 0 Å². The van der Waals surface area contributed by atoms with Gasteiger partial charge in [-0.3, -0.25) is 9.59 Å². The second kappa shape index (κ2) is 7.34. The van der Waals surface area contributed by atoms with E-state index in [-0.39, 0.29) is 16.9 Å². The van der Waals surface area contributed by atoms with Crippen molar-refractivity contribution in [1.29, 1.82) is 0 Å². The van der Waals surface area contributed by atoms with E-state index in [2.05, 4.69) is 0 Å². The number of carbonyl (C=O) groups excluding carboxylic acids is 2. The van der Waals surface area contributed by atoms with Crippen molar-refractivity contribution in [2.24, 2.45) is 5.41 Å². The summed E-state index contributed by atoms with van der Waals surface area (Å²) in [7, 11) is 0. The molecule has 2 heterocycles. The van der Waals surface area contributed by atoms with Crippen molar-refractivity contribution in [3.05, 3.63) is 71.3 Å². The molecular weight excluding hydrogens is 362 g/mol. The largest absolute Gasteiger partial charge is 0.339 e. The number of halogens is 2. The zero-order valence-electron chi connectivity index (χ0n) is 15.5. The Bertz CT molecular complexity index is 893. The Labute approximate surface area is 162 Å². The van der Waals surface area contributed by atoms with Crippen molar-refractivity contribution in [2.45, 2.75) is 25.8 Å². The molecule has 1 spiro atoms. The maximum Gasteiger partial charge on any atom is 0.256 e. The summed E-state index contributed by atoms with van der Waals surface area (Å²) in [5, 5.41) is 0. The quantitative estimate of drug-likeness (QED) is 0.811. The SMILES string of the molecule is O=C1CC2(CCN(C(=O)c3cccc(F)c3F)CC2)CN1Cc1ccccc1. The fourth-order valence-corrected chi connectivity index (χ4v) is 4.29. The maximum atomic E-state index is 13.9. The summed E-state index contributed by atoms with van der Waals surface area (Å²) in [6.45, 7) is 2.16. The molecule has 2 amide bonds. The van der Waals surface area contributed by atoms with E-state index < -0.39 is 17.5 Å². The lowest BCUT2D eigenvalue weighted by Gasteiger charge is -2.38. The summed E-state index contributed by atoms with van der Waals surface area (Å²) in [6, 6.07) is 13.5. The Morgan fingerprint density at radius 1 is 1.00 bits per heavy atom. The first-order chi connectivity index (χ1) is 13.5. The van der Waals surface area contributed by atoms with Crippen LogP contribution in [0, 0.1) is 17.0 Å². The Morgan fingerprint density at radius 3 is 2.43 bits per heavy atom. The molecule has 6 heteroatoms. The highest BCUT2D eigenvalue weighted by molar-refractivity contribution is 5.94. The Hall–Kier alpha value is -2.76. The number of rotatable bonds is 3. The summed E-state index contributed by atoms with van der Waals surface area (Å²) in [6.07, 6.45) is 1.86. The third kappa shape index (κ3) is 3.51. The van der Waals surface area contributed by atoms with Gasteiger partial charge in [0.15, 0.2) is 11.6 Å². The van der Waals surface area contributed by atoms with Crippen LogP contribution in [0.1, 0.15) is 35.2 Å². The van der Waals surface area contributed by atoms with Crippen LogP contribution in [-0.4, -0.2) is 41.2 Å². The zero-order chi connectivity index (χ0) is 19.7. The van der Waals surface area contributed by atoms with Gasteiger partial charge in [-0.25, -0.2) is 8.78 Å².